The van der Waals surface area contributed by atoms with Gasteiger partial charge in [-0.1, -0.05) is 68.4 Å². The van der Waals surface area contributed by atoms with Crippen molar-refractivity contribution in [2.45, 2.75) is 74.0 Å². The van der Waals surface area contributed by atoms with E-state index in [9.17, 15) is 62.2 Å². The predicted molar refractivity (Wildman–Crippen MR) is 110 cm³/mol. The van der Waals surface area contributed by atoms with Gasteiger partial charge in [0.05, 0.1) is 6.42 Å². The molecule has 2 unspecified atom stereocenters. The fourth-order valence-electron chi connectivity index (χ4n) is 3.64. The maximum absolute atomic E-state index is 14.8. The van der Waals surface area contributed by atoms with Crippen LogP contribution in [0.1, 0.15) is 49.3 Å². The predicted octanol–water partition coefficient (Wildman–Crippen LogP) is 8.56. The third-order valence-electron chi connectivity index (χ3n) is 6.30. The minimum atomic E-state index is -8.01. The molecule has 0 spiro atoms. The zero-order chi connectivity index (χ0) is 29.6. The van der Waals surface area contributed by atoms with Crippen molar-refractivity contribution < 1.29 is 62.2 Å². The summed E-state index contributed by atoms with van der Waals surface area (Å²) in [6.45, 7) is 3.55. The Morgan fingerprint density at radius 2 is 1.03 bits per heavy atom. The summed E-state index contributed by atoms with van der Waals surface area (Å²) in [7, 11) is 0. The van der Waals surface area contributed by atoms with Crippen molar-refractivity contribution in [2.75, 3.05) is 0 Å². The van der Waals surface area contributed by atoms with E-state index in [4.69, 9.17) is 0 Å². The SMILES string of the molecule is CCC(C)c1ccc(C(O)(CC(F)(F)C(F)(F)C(F)(F)C(F)(F)C(F)(F)C(F)(F)F)c2ccccc2)cc1. The van der Waals surface area contributed by atoms with Crippen LogP contribution in [0.3, 0.4) is 0 Å². The van der Waals surface area contributed by atoms with Crippen molar-refractivity contribution in [1.29, 1.82) is 0 Å². The van der Waals surface area contributed by atoms with E-state index in [1.165, 1.54) is 18.2 Å². The highest BCUT2D eigenvalue weighted by atomic mass is 19.4. The molecule has 2 aromatic rings. The second-order valence-corrected chi connectivity index (χ2v) is 8.83. The lowest BCUT2D eigenvalue weighted by molar-refractivity contribution is -0.441. The second-order valence-electron chi connectivity index (χ2n) is 8.83. The molecule has 2 rings (SSSR count). The van der Waals surface area contributed by atoms with Gasteiger partial charge < -0.3 is 5.11 Å². The molecule has 0 radical (unpaired) electrons. The van der Waals surface area contributed by atoms with Gasteiger partial charge in [-0.25, -0.2) is 0 Å². The van der Waals surface area contributed by atoms with Gasteiger partial charge in [-0.15, -0.1) is 0 Å². The topological polar surface area (TPSA) is 20.2 Å². The molecular weight excluding hydrogens is 551 g/mol. The van der Waals surface area contributed by atoms with Gasteiger partial charge in [-0.2, -0.15) is 57.1 Å². The fraction of sp³-hybridized carbons (Fsp3) is 0.500. The van der Waals surface area contributed by atoms with E-state index < -0.39 is 58.9 Å². The van der Waals surface area contributed by atoms with E-state index in [0.29, 0.717) is 12.0 Å². The molecule has 0 aliphatic rings. The Morgan fingerprint density at radius 3 is 1.45 bits per heavy atom. The van der Waals surface area contributed by atoms with E-state index in [2.05, 4.69) is 0 Å². The average Bonchev–Trinajstić information content (AvgIpc) is 2.82. The van der Waals surface area contributed by atoms with E-state index in [0.717, 1.165) is 36.4 Å². The summed E-state index contributed by atoms with van der Waals surface area (Å²) in [6.07, 6.45) is -9.69. The number of rotatable bonds is 10. The van der Waals surface area contributed by atoms with E-state index in [1.807, 2.05) is 0 Å². The molecule has 2 aromatic carbocycles. The van der Waals surface area contributed by atoms with Gasteiger partial charge in [0.1, 0.15) is 5.60 Å². The summed E-state index contributed by atoms with van der Waals surface area (Å²) >= 11 is 0. The first kappa shape index (κ1) is 31.7. The van der Waals surface area contributed by atoms with Crippen LogP contribution in [0.4, 0.5) is 57.1 Å². The van der Waals surface area contributed by atoms with Gasteiger partial charge >= 0.3 is 35.8 Å². The van der Waals surface area contributed by atoms with Crippen LogP contribution in [0, 0.1) is 0 Å². The molecule has 0 amide bonds. The van der Waals surface area contributed by atoms with Crippen LogP contribution in [0.5, 0.6) is 0 Å². The first-order valence-corrected chi connectivity index (χ1v) is 10.9. The molecule has 38 heavy (non-hydrogen) atoms. The molecule has 14 heteroatoms. The minimum Gasteiger partial charge on any atom is -0.380 e. The van der Waals surface area contributed by atoms with Crippen LogP contribution < -0.4 is 0 Å². The second kappa shape index (κ2) is 9.91. The third-order valence-corrected chi connectivity index (χ3v) is 6.30. The summed E-state index contributed by atoms with van der Waals surface area (Å²) in [5.41, 5.74) is -3.92. The lowest BCUT2D eigenvalue weighted by atomic mass is 9.78. The van der Waals surface area contributed by atoms with Crippen LogP contribution in [0.2, 0.25) is 0 Å². The molecule has 0 bridgehead atoms. The summed E-state index contributed by atoms with van der Waals surface area (Å²) in [5, 5.41) is 11.1. The van der Waals surface area contributed by atoms with Crippen LogP contribution >= 0.6 is 0 Å². The fourth-order valence-corrected chi connectivity index (χ4v) is 3.64. The molecule has 0 saturated carbocycles. The van der Waals surface area contributed by atoms with Gasteiger partial charge in [-0.3, -0.25) is 0 Å². The van der Waals surface area contributed by atoms with E-state index >= 15 is 0 Å². The van der Waals surface area contributed by atoms with E-state index in [-0.39, 0.29) is 5.92 Å². The van der Waals surface area contributed by atoms with Crippen molar-refractivity contribution >= 4 is 0 Å². The zero-order valence-corrected chi connectivity index (χ0v) is 19.5. The molecule has 1 nitrogen and oxygen atoms in total. The van der Waals surface area contributed by atoms with Crippen LogP contribution in [-0.2, 0) is 5.60 Å². The van der Waals surface area contributed by atoms with E-state index in [1.54, 1.807) is 13.8 Å². The maximum atomic E-state index is 14.8. The smallest absolute Gasteiger partial charge is 0.380 e. The van der Waals surface area contributed by atoms with Gasteiger partial charge in [0.15, 0.2) is 0 Å². The van der Waals surface area contributed by atoms with Gasteiger partial charge in [-0.05, 0) is 29.0 Å². The highest BCUT2D eigenvalue weighted by molar-refractivity contribution is 5.38. The van der Waals surface area contributed by atoms with Crippen molar-refractivity contribution in [3.63, 3.8) is 0 Å². The highest BCUT2D eigenvalue weighted by Gasteiger charge is 2.90. The molecule has 0 saturated heterocycles. The van der Waals surface area contributed by atoms with Gasteiger partial charge in [0.25, 0.3) is 0 Å². The Hall–Kier alpha value is -2.51. The lowest BCUT2D eigenvalue weighted by Gasteiger charge is -2.42. The van der Waals surface area contributed by atoms with Gasteiger partial charge in [0.2, 0.25) is 0 Å². The number of hydrogen-bond donors (Lipinski definition) is 1. The Kier molecular flexibility index (Phi) is 8.27. The molecule has 0 aromatic heterocycles. The molecular formula is C24H21F13O. The first-order chi connectivity index (χ1) is 17.0. The number of halogens is 13. The molecule has 0 aliphatic carbocycles. The number of benzene rings is 2. The summed E-state index contributed by atoms with van der Waals surface area (Å²) < 4.78 is 177. The Bertz CT molecular complexity index is 1080. The number of hydrogen-bond acceptors (Lipinski definition) is 1. The number of aliphatic hydroxyl groups is 1. The molecule has 0 fully saturated rings. The van der Waals surface area contributed by atoms with Crippen molar-refractivity contribution in [2.24, 2.45) is 0 Å². The number of alkyl halides is 13. The molecule has 2 atom stereocenters. The Balaban J connectivity index is 2.66. The average molecular weight is 572 g/mol. The molecule has 1 N–H and O–H groups in total. The summed E-state index contributed by atoms with van der Waals surface area (Å²) in [4.78, 5) is 0. The normalized spacial score (nSPS) is 16.7. The summed E-state index contributed by atoms with van der Waals surface area (Å²) in [6, 6.07) is 9.88. The Labute approximate surface area is 208 Å². The van der Waals surface area contributed by atoms with Crippen LogP contribution in [-0.4, -0.2) is 40.9 Å². The van der Waals surface area contributed by atoms with Crippen molar-refractivity contribution in [3.05, 3.63) is 71.3 Å². The monoisotopic (exact) mass is 572 g/mol. The molecule has 214 valence electrons. The molecule has 0 aliphatic heterocycles. The standard InChI is InChI=1S/C24H21F13O/c1-3-14(2)15-9-11-17(12-10-15)18(38,16-7-5-4-6-8-16)13-19(25,26)20(27,28)21(29,30)22(31,32)23(33,34)24(35,36)37/h4-12,14,38H,3,13H2,1-2H3. The minimum absolute atomic E-state index is 0.101. The summed E-state index contributed by atoms with van der Waals surface area (Å²) in [5.74, 6) is -37.8. The van der Waals surface area contributed by atoms with Crippen LogP contribution in [0.15, 0.2) is 54.6 Å². The maximum Gasteiger partial charge on any atom is 0.460 e. The lowest BCUT2D eigenvalue weighted by Crippen LogP contribution is -2.70. The van der Waals surface area contributed by atoms with Crippen molar-refractivity contribution in [3.8, 4) is 0 Å². The third kappa shape index (κ3) is 4.95. The van der Waals surface area contributed by atoms with Crippen molar-refractivity contribution in [1.82, 2.24) is 0 Å². The Morgan fingerprint density at radius 1 is 0.605 bits per heavy atom. The quantitative estimate of drug-likeness (QED) is 0.283. The largest absolute Gasteiger partial charge is 0.460 e. The zero-order valence-electron chi connectivity index (χ0n) is 19.5. The molecule has 0 heterocycles. The van der Waals surface area contributed by atoms with Crippen LogP contribution in [0.25, 0.3) is 0 Å². The highest BCUT2D eigenvalue weighted by Crippen LogP contribution is 2.61. The van der Waals surface area contributed by atoms with Gasteiger partial charge in [0, 0.05) is 0 Å². The first-order valence-electron chi connectivity index (χ1n) is 10.9.